The first-order valence-corrected chi connectivity index (χ1v) is 10.8. The summed E-state index contributed by atoms with van der Waals surface area (Å²) in [4.78, 5) is 31.2. The van der Waals surface area contributed by atoms with Crippen LogP contribution in [0.15, 0.2) is 23.4 Å². The second-order valence-electron chi connectivity index (χ2n) is 6.38. The number of hydrogen-bond donors (Lipinski definition) is 0. The number of carbonyl (C=O) groups excluding carboxylic acids is 1. The van der Waals surface area contributed by atoms with Gasteiger partial charge in [-0.05, 0) is 25.1 Å². The van der Waals surface area contributed by atoms with E-state index in [1.165, 1.54) is 18.2 Å². The third-order valence-electron chi connectivity index (χ3n) is 3.72. The van der Waals surface area contributed by atoms with E-state index in [9.17, 15) is 23.3 Å². The normalized spacial score (nSPS) is 10.7. The van der Waals surface area contributed by atoms with Crippen molar-refractivity contribution in [1.29, 1.82) is 5.26 Å². The molecule has 1 aromatic heterocycles. The SMILES string of the molecule is CCOC(=O)COc1nc(S(C)(=O)=O)nc(Oc2ccc(C#N)cc2N(C)C)c1[N+](=O)[O-]. The lowest BCUT2D eigenvalue weighted by atomic mass is 10.2. The van der Waals surface area contributed by atoms with Crippen LogP contribution in [0.2, 0.25) is 0 Å². The minimum Gasteiger partial charge on any atom is -0.463 e. The summed E-state index contributed by atoms with van der Waals surface area (Å²) in [7, 11) is -0.750. The lowest BCUT2D eigenvalue weighted by Gasteiger charge is -2.18. The van der Waals surface area contributed by atoms with Crippen molar-refractivity contribution in [2.45, 2.75) is 12.1 Å². The quantitative estimate of drug-likeness (QED) is 0.226. The molecular formula is C18H19N5O8S. The van der Waals surface area contributed by atoms with Crippen LogP contribution in [0.5, 0.6) is 17.5 Å². The first-order chi connectivity index (χ1) is 15.0. The van der Waals surface area contributed by atoms with E-state index in [2.05, 4.69) is 9.97 Å². The van der Waals surface area contributed by atoms with Crippen molar-refractivity contribution in [3.05, 3.63) is 33.9 Å². The van der Waals surface area contributed by atoms with Gasteiger partial charge < -0.3 is 19.1 Å². The van der Waals surface area contributed by atoms with Crippen molar-refractivity contribution in [1.82, 2.24) is 9.97 Å². The van der Waals surface area contributed by atoms with Crippen LogP contribution in [0, 0.1) is 21.4 Å². The largest absolute Gasteiger partial charge is 0.463 e. The minimum atomic E-state index is -4.04. The second kappa shape index (κ2) is 9.88. The van der Waals surface area contributed by atoms with Gasteiger partial charge in [0.15, 0.2) is 12.4 Å². The number of sulfone groups is 1. The number of ether oxygens (including phenoxy) is 3. The molecule has 0 aliphatic heterocycles. The third-order valence-corrected chi connectivity index (χ3v) is 4.57. The van der Waals surface area contributed by atoms with E-state index in [1.807, 2.05) is 6.07 Å². The van der Waals surface area contributed by atoms with E-state index < -0.39 is 49.9 Å². The zero-order valence-corrected chi connectivity index (χ0v) is 18.4. The number of nitro groups is 1. The molecule has 0 N–H and O–H groups in total. The van der Waals surface area contributed by atoms with Crippen molar-refractivity contribution in [3.8, 4) is 23.6 Å². The van der Waals surface area contributed by atoms with Crippen molar-refractivity contribution < 1.29 is 32.3 Å². The van der Waals surface area contributed by atoms with Gasteiger partial charge in [-0.1, -0.05) is 0 Å². The Kier molecular flexibility index (Phi) is 7.50. The second-order valence-corrected chi connectivity index (χ2v) is 8.29. The van der Waals surface area contributed by atoms with Crippen LogP contribution in [-0.2, 0) is 19.4 Å². The Morgan fingerprint density at radius 1 is 1.28 bits per heavy atom. The number of aromatic nitrogens is 2. The van der Waals surface area contributed by atoms with Crippen LogP contribution < -0.4 is 14.4 Å². The van der Waals surface area contributed by atoms with Gasteiger partial charge in [-0.3, -0.25) is 10.1 Å². The number of anilines is 1. The van der Waals surface area contributed by atoms with Gasteiger partial charge in [-0.15, -0.1) is 0 Å². The molecule has 0 aliphatic rings. The van der Waals surface area contributed by atoms with Crippen LogP contribution in [-0.4, -0.2) is 62.8 Å². The van der Waals surface area contributed by atoms with Crippen molar-refractivity contribution in [2.24, 2.45) is 0 Å². The summed E-state index contributed by atoms with van der Waals surface area (Å²) in [5.74, 6) is -2.30. The van der Waals surface area contributed by atoms with Crippen LogP contribution in [0.3, 0.4) is 0 Å². The summed E-state index contributed by atoms with van der Waals surface area (Å²) >= 11 is 0. The fraction of sp³-hybridized carbons (Fsp3) is 0.333. The van der Waals surface area contributed by atoms with E-state index in [4.69, 9.17) is 19.5 Å². The van der Waals surface area contributed by atoms with Gasteiger partial charge in [0.05, 0.1) is 28.9 Å². The van der Waals surface area contributed by atoms with Gasteiger partial charge >= 0.3 is 23.4 Å². The molecule has 13 nitrogen and oxygen atoms in total. The molecule has 170 valence electrons. The van der Waals surface area contributed by atoms with Crippen molar-refractivity contribution in [3.63, 3.8) is 0 Å². The Labute approximate surface area is 183 Å². The summed E-state index contributed by atoms with van der Waals surface area (Å²) in [6, 6.07) is 6.21. The molecule has 0 aliphatic carbocycles. The summed E-state index contributed by atoms with van der Waals surface area (Å²) in [5.41, 5.74) is -0.226. The Morgan fingerprint density at radius 2 is 1.94 bits per heavy atom. The highest BCUT2D eigenvalue weighted by Gasteiger charge is 2.32. The van der Waals surface area contributed by atoms with Crippen LogP contribution in [0.4, 0.5) is 11.4 Å². The van der Waals surface area contributed by atoms with Gasteiger partial charge in [-0.2, -0.15) is 15.2 Å². The number of nitrogens with zero attached hydrogens (tertiary/aromatic N) is 5. The topological polar surface area (TPSA) is 175 Å². The Hall–Kier alpha value is -3.99. The van der Waals surface area contributed by atoms with Gasteiger partial charge in [-0.25, -0.2) is 13.2 Å². The third kappa shape index (κ3) is 5.79. The molecule has 0 radical (unpaired) electrons. The molecule has 0 atom stereocenters. The predicted molar refractivity (Wildman–Crippen MR) is 109 cm³/mol. The zero-order valence-electron chi connectivity index (χ0n) is 17.6. The molecule has 0 unspecified atom stereocenters. The zero-order chi connectivity index (χ0) is 24.1. The monoisotopic (exact) mass is 465 g/mol. The maximum Gasteiger partial charge on any atom is 0.392 e. The van der Waals surface area contributed by atoms with E-state index >= 15 is 0 Å². The summed E-state index contributed by atoms with van der Waals surface area (Å²) < 4.78 is 39.4. The van der Waals surface area contributed by atoms with Gasteiger partial charge in [0.25, 0.3) is 5.16 Å². The van der Waals surface area contributed by atoms with Crippen molar-refractivity contribution >= 4 is 27.2 Å². The lowest BCUT2D eigenvalue weighted by molar-refractivity contribution is -0.387. The van der Waals surface area contributed by atoms with Gasteiger partial charge in [0, 0.05) is 20.4 Å². The first kappa shape index (κ1) is 24.3. The Bertz CT molecular complexity index is 1190. The van der Waals surface area contributed by atoms with E-state index in [1.54, 1.807) is 25.9 Å². The number of rotatable bonds is 9. The molecule has 0 fully saturated rings. The molecule has 14 heteroatoms. The van der Waals surface area contributed by atoms with E-state index in [0.717, 1.165) is 6.26 Å². The molecule has 0 spiro atoms. The highest BCUT2D eigenvalue weighted by Crippen LogP contribution is 2.40. The number of benzene rings is 1. The molecule has 2 rings (SSSR count). The highest BCUT2D eigenvalue weighted by molar-refractivity contribution is 7.90. The van der Waals surface area contributed by atoms with Crippen LogP contribution in [0.1, 0.15) is 12.5 Å². The molecule has 1 heterocycles. The molecule has 0 bridgehead atoms. The predicted octanol–water partition coefficient (Wildman–Crippen LogP) is 1.46. The van der Waals surface area contributed by atoms with Crippen molar-refractivity contribution in [2.75, 3.05) is 38.5 Å². The highest BCUT2D eigenvalue weighted by atomic mass is 32.2. The standard InChI is InChI=1S/C18H19N5O8S/c1-5-29-14(24)10-30-16-15(23(25)26)17(21-18(20-16)32(4,27)28)31-13-7-6-11(9-19)8-12(13)22(2)3/h6-8H,5,10H2,1-4H3. The number of hydrogen-bond acceptors (Lipinski definition) is 12. The van der Waals surface area contributed by atoms with Crippen LogP contribution in [0.25, 0.3) is 0 Å². The molecule has 0 saturated heterocycles. The van der Waals surface area contributed by atoms with Gasteiger partial charge in [0.1, 0.15) is 0 Å². The average molecular weight is 465 g/mol. The minimum absolute atomic E-state index is 0.0447. The summed E-state index contributed by atoms with van der Waals surface area (Å²) in [5, 5.41) is 20.0. The Morgan fingerprint density at radius 3 is 2.47 bits per heavy atom. The van der Waals surface area contributed by atoms with E-state index in [-0.39, 0.29) is 12.4 Å². The molecule has 0 saturated carbocycles. The maximum absolute atomic E-state index is 12.0. The first-order valence-electron chi connectivity index (χ1n) is 8.92. The number of esters is 1. The molecule has 1 aromatic carbocycles. The van der Waals surface area contributed by atoms with Gasteiger partial charge in [0.2, 0.25) is 9.84 Å². The molecule has 32 heavy (non-hydrogen) atoms. The molecular weight excluding hydrogens is 446 g/mol. The summed E-state index contributed by atoms with van der Waals surface area (Å²) in [6.45, 7) is 0.843. The Balaban J connectivity index is 2.65. The fourth-order valence-electron chi connectivity index (χ4n) is 2.35. The smallest absolute Gasteiger partial charge is 0.392 e. The molecule has 0 amide bonds. The number of nitriles is 1. The molecule has 2 aromatic rings. The van der Waals surface area contributed by atoms with Crippen LogP contribution >= 0.6 is 0 Å². The average Bonchev–Trinajstić information content (AvgIpc) is 2.71. The lowest BCUT2D eigenvalue weighted by Crippen LogP contribution is -2.17. The summed E-state index contributed by atoms with van der Waals surface area (Å²) in [6.07, 6.45) is 0.792. The fourth-order valence-corrected chi connectivity index (χ4v) is 2.84. The number of carbonyl (C=O) groups is 1. The maximum atomic E-state index is 12.0. The van der Waals surface area contributed by atoms with E-state index in [0.29, 0.717) is 11.3 Å².